The molecule has 0 saturated carbocycles. The minimum absolute atomic E-state index is 0.00210. The Morgan fingerprint density at radius 1 is 0.967 bits per heavy atom. The van der Waals surface area contributed by atoms with Gasteiger partial charge in [-0.1, -0.05) is 44.2 Å². The number of para-hydroxylation sites is 1. The molecule has 1 atom stereocenters. The van der Waals surface area contributed by atoms with Crippen LogP contribution in [0.25, 0.3) is 0 Å². The largest absolute Gasteiger partial charge is 0.493 e. The molecule has 4 nitrogen and oxygen atoms in total. The van der Waals surface area contributed by atoms with E-state index in [9.17, 15) is 4.79 Å². The Labute approximate surface area is 178 Å². The summed E-state index contributed by atoms with van der Waals surface area (Å²) in [6.45, 7) is 9.10. The van der Waals surface area contributed by atoms with Crippen LogP contribution in [0, 0.1) is 19.8 Å². The van der Waals surface area contributed by atoms with Crippen LogP contribution in [0.4, 0.5) is 11.4 Å². The van der Waals surface area contributed by atoms with Gasteiger partial charge in [0.25, 0.3) is 5.91 Å². The molecule has 1 aliphatic rings. The van der Waals surface area contributed by atoms with Crippen molar-refractivity contribution in [2.24, 2.45) is 5.92 Å². The number of benzene rings is 3. The highest BCUT2D eigenvalue weighted by Crippen LogP contribution is 2.37. The summed E-state index contributed by atoms with van der Waals surface area (Å²) in [6, 6.07) is 21.9. The topological polar surface area (TPSA) is 41.6 Å². The average molecular weight is 401 g/mol. The Morgan fingerprint density at radius 3 is 2.40 bits per heavy atom. The summed E-state index contributed by atoms with van der Waals surface area (Å²) in [5.41, 5.74) is 5.80. The second-order valence-corrected chi connectivity index (χ2v) is 8.31. The number of amides is 1. The number of fused-ring (bicyclic) bond motifs is 1. The fourth-order valence-electron chi connectivity index (χ4n) is 3.64. The first-order valence-corrected chi connectivity index (χ1v) is 10.4. The van der Waals surface area contributed by atoms with Crippen molar-refractivity contribution in [3.05, 3.63) is 89.0 Å². The third-order valence-electron chi connectivity index (χ3n) is 5.47. The number of aryl methyl sites for hydroxylation is 2. The van der Waals surface area contributed by atoms with Crippen LogP contribution in [0.2, 0.25) is 0 Å². The quantitative estimate of drug-likeness (QED) is 0.562. The van der Waals surface area contributed by atoms with Gasteiger partial charge in [0.05, 0.1) is 12.2 Å². The van der Waals surface area contributed by atoms with E-state index < -0.39 is 0 Å². The van der Waals surface area contributed by atoms with E-state index in [1.165, 1.54) is 5.56 Å². The van der Waals surface area contributed by atoms with Crippen LogP contribution in [-0.2, 0) is 0 Å². The molecule has 30 heavy (non-hydrogen) atoms. The summed E-state index contributed by atoms with van der Waals surface area (Å²) in [4.78, 5) is 15.3. The minimum Gasteiger partial charge on any atom is -0.493 e. The second kappa shape index (κ2) is 8.23. The van der Waals surface area contributed by atoms with Gasteiger partial charge in [0.15, 0.2) is 0 Å². The molecule has 0 bridgehead atoms. The zero-order valence-electron chi connectivity index (χ0n) is 18.0. The Bertz CT molecular complexity index is 1060. The molecule has 0 spiro atoms. The molecule has 1 amide bonds. The number of carbonyl (C=O) groups is 1. The molecule has 0 radical (unpaired) electrons. The molecule has 0 fully saturated rings. The van der Waals surface area contributed by atoms with Crippen LogP contribution in [0.1, 0.15) is 47.1 Å². The van der Waals surface area contributed by atoms with Crippen LogP contribution in [0.15, 0.2) is 66.7 Å². The maximum absolute atomic E-state index is 13.5. The zero-order chi connectivity index (χ0) is 21.3. The second-order valence-electron chi connectivity index (χ2n) is 8.31. The van der Waals surface area contributed by atoms with Gasteiger partial charge in [0.2, 0.25) is 0 Å². The smallest absolute Gasteiger partial charge is 0.262 e. The number of hydrogen-bond acceptors (Lipinski definition) is 3. The van der Waals surface area contributed by atoms with Crippen LogP contribution >= 0.6 is 0 Å². The molecule has 154 valence electrons. The fraction of sp³-hybridized carbons (Fsp3) is 0.269. The first-order chi connectivity index (χ1) is 14.4. The van der Waals surface area contributed by atoms with E-state index in [1.807, 2.05) is 59.5 Å². The first-order valence-electron chi connectivity index (χ1n) is 10.4. The third-order valence-corrected chi connectivity index (χ3v) is 5.47. The zero-order valence-corrected chi connectivity index (χ0v) is 18.0. The van der Waals surface area contributed by atoms with Crippen molar-refractivity contribution >= 4 is 17.3 Å². The van der Waals surface area contributed by atoms with Crippen molar-refractivity contribution in [1.82, 2.24) is 0 Å². The highest BCUT2D eigenvalue weighted by atomic mass is 16.5. The highest BCUT2D eigenvalue weighted by molar-refractivity contribution is 6.12. The van der Waals surface area contributed by atoms with Crippen LogP contribution < -0.4 is 15.0 Å². The Kier molecular flexibility index (Phi) is 5.49. The van der Waals surface area contributed by atoms with E-state index in [2.05, 4.69) is 45.1 Å². The van der Waals surface area contributed by atoms with E-state index in [1.54, 1.807) is 0 Å². The van der Waals surface area contributed by atoms with Gasteiger partial charge in [-0.3, -0.25) is 9.69 Å². The lowest BCUT2D eigenvalue weighted by atomic mass is 10.0. The molecule has 0 aliphatic carbocycles. The van der Waals surface area contributed by atoms with Gasteiger partial charge in [-0.05, 0) is 72.9 Å². The highest BCUT2D eigenvalue weighted by Gasteiger charge is 2.34. The van der Waals surface area contributed by atoms with Gasteiger partial charge in [-0.15, -0.1) is 0 Å². The van der Waals surface area contributed by atoms with E-state index in [0.717, 1.165) is 28.3 Å². The summed E-state index contributed by atoms with van der Waals surface area (Å²) in [5, 5.41) is 3.56. The van der Waals surface area contributed by atoms with E-state index in [-0.39, 0.29) is 12.1 Å². The lowest BCUT2D eigenvalue weighted by molar-refractivity contribution is 0.0975. The van der Waals surface area contributed by atoms with Crippen molar-refractivity contribution in [2.75, 3.05) is 16.8 Å². The van der Waals surface area contributed by atoms with Crippen molar-refractivity contribution < 1.29 is 9.53 Å². The van der Waals surface area contributed by atoms with Gasteiger partial charge in [0.1, 0.15) is 11.9 Å². The SMILES string of the molecule is Cc1ccc(N2C(=O)c3ccccc3N[C@H]2c2ccc(OCC(C)C)cc2)cc1C. The van der Waals surface area contributed by atoms with Gasteiger partial charge < -0.3 is 10.1 Å². The molecule has 1 heterocycles. The number of nitrogens with one attached hydrogen (secondary N) is 1. The van der Waals surface area contributed by atoms with Crippen molar-refractivity contribution in [1.29, 1.82) is 0 Å². The van der Waals surface area contributed by atoms with Crippen LogP contribution in [0.3, 0.4) is 0 Å². The van der Waals surface area contributed by atoms with E-state index >= 15 is 0 Å². The molecule has 0 unspecified atom stereocenters. The number of hydrogen-bond donors (Lipinski definition) is 1. The van der Waals surface area contributed by atoms with Gasteiger partial charge in [-0.25, -0.2) is 0 Å². The van der Waals surface area contributed by atoms with E-state index in [4.69, 9.17) is 4.74 Å². The van der Waals surface area contributed by atoms with Crippen molar-refractivity contribution in [3.8, 4) is 5.75 Å². The predicted molar refractivity (Wildman–Crippen MR) is 122 cm³/mol. The molecule has 4 rings (SSSR count). The number of anilines is 2. The summed E-state index contributed by atoms with van der Waals surface area (Å²) in [7, 11) is 0. The molecule has 1 N–H and O–H groups in total. The van der Waals surface area contributed by atoms with E-state index in [0.29, 0.717) is 18.1 Å². The number of nitrogens with zero attached hydrogens (tertiary/aromatic N) is 1. The minimum atomic E-state index is -0.298. The van der Waals surface area contributed by atoms with Crippen molar-refractivity contribution in [2.45, 2.75) is 33.9 Å². The lowest BCUT2D eigenvalue weighted by Crippen LogP contribution is -2.43. The van der Waals surface area contributed by atoms with Gasteiger partial charge in [-0.2, -0.15) is 0 Å². The molecular weight excluding hydrogens is 372 g/mol. The number of ether oxygens (including phenoxy) is 1. The monoisotopic (exact) mass is 400 g/mol. The first kappa shape index (κ1) is 20.0. The predicted octanol–water partition coefficient (Wildman–Crippen LogP) is 6.11. The Hall–Kier alpha value is -3.27. The lowest BCUT2D eigenvalue weighted by Gasteiger charge is -2.38. The third kappa shape index (κ3) is 3.90. The molecule has 0 aromatic heterocycles. The normalized spacial score (nSPS) is 15.7. The van der Waals surface area contributed by atoms with Gasteiger partial charge >= 0.3 is 0 Å². The molecule has 3 aromatic rings. The number of rotatable bonds is 5. The fourth-order valence-corrected chi connectivity index (χ4v) is 3.64. The number of carbonyl (C=O) groups excluding carboxylic acids is 1. The van der Waals surface area contributed by atoms with Crippen LogP contribution in [0.5, 0.6) is 5.75 Å². The summed E-state index contributed by atoms with van der Waals surface area (Å²) in [5.74, 6) is 1.31. The maximum atomic E-state index is 13.5. The molecule has 4 heteroatoms. The molecule has 1 aliphatic heterocycles. The Balaban J connectivity index is 1.73. The summed E-state index contributed by atoms with van der Waals surface area (Å²) in [6.07, 6.45) is -0.298. The summed E-state index contributed by atoms with van der Waals surface area (Å²) < 4.78 is 5.83. The van der Waals surface area contributed by atoms with Crippen LogP contribution in [-0.4, -0.2) is 12.5 Å². The average Bonchev–Trinajstić information content (AvgIpc) is 2.75. The van der Waals surface area contributed by atoms with Gasteiger partial charge in [0, 0.05) is 11.4 Å². The molecule has 0 saturated heterocycles. The summed E-state index contributed by atoms with van der Waals surface area (Å²) >= 11 is 0. The maximum Gasteiger partial charge on any atom is 0.262 e. The molecular formula is C26H28N2O2. The molecule has 3 aromatic carbocycles. The van der Waals surface area contributed by atoms with Crippen molar-refractivity contribution in [3.63, 3.8) is 0 Å². The standard InChI is InChI=1S/C26H28N2O2/c1-17(2)16-30-22-13-10-20(11-14-22)25-27-24-8-6-5-7-23(24)26(29)28(25)21-12-9-18(3)19(4)15-21/h5-15,17,25,27H,16H2,1-4H3/t25-/m1/s1. The Morgan fingerprint density at radius 2 is 1.70 bits per heavy atom.